The summed E-state index contributed by atoms with van der Waals surface area (Å²) < 4.78 is 5.56. The van der Waals surface area contributed by atoms with Crippen LogP contribution in [0.4, 0.5) is 17.1 Å². The Morgan fingerprint density at radius 2 is 1.37 bits per heavy atom. The summed E-state index contributed by atoms with van der Waals surface area (Å²) in [6.07, 6.45) is -1.43. The molecule has 2 amide bonds. The summed E-state index contributed by atoms with van der Waals surface area (Å²) in [5.41, 5.74) is -0.641. The number of nitro groups is 2. The number of hydrogen-bond acceptors (Lipinski definition) is 9. The van der Waals surface area contributed by atoms with Crippen LogP contribution in [0.5, 0.6) is 0 Å². The second kappa shape index (κ2) is 10.6. The first kappa shape index (κ1) is 26.6. The zero-order chi connectivity index (χ0) is 29.3. The summed E-state index contributed by atoms with van der Waals surface area (Å²) >= 11 is 0. The fourth-order valence-electron chi connectivity index (χ4n) is 4.37. The number of anilines is 1. The summed E-state index contributed by atoms with van der Waals surface area (Å²) in [5.74, 6) is -3.10. The van der Waals surface area contributed by atoms with Crippen molar-refractivity contribution in [3.63, 3.8) is 0 Å². The molecule has 1 atom stereocenters. The number of nitro benzene ring substituents is 2. The highest BCUT2D eigenvalue weighted by Gasteiger charge is 2.41. The summed E-state index contributed by atoms with van der Waals surface area (Å²) in [5, 5.41) is 22.4. The quantitative estimate of drug-likeness (QED) is 0.0953. The van der Waals surface area contributed by atoms with Crippen LogP contribution in [0.15, 0.2) is 97.1 Å². The predicted octanol–water partition coefficient (Wildman–Crippen LogP) is 5.08. The van der Waals surface area contributed by atoms with Gasteiger partial charge in [0, 0.05) is 29.3 Å². The van der Waals surface area contributed by atoms with Gasteiger partial charge in [-0.15, -0.1) is 0 Å². The predicted molar refractivity (Wildman–Crippen MR) is 143 cm³/mol. The van der Waals surface area contributed by atoms with Gasteiger partial charge in [0.1, 0.15) is 5.56 Å². The second-order valence-electron chi connectivity index (χ2n) is 8.81. The van der Waals surface area contributed by atoms with Crippen molar-refractivity contribution < 1.29 is 33.8 Å². The Hall–Kier alpha value is -6.04. The van der Waals surface area contributed by atoms with Crippen LogP contribution in [0.2, 0.25) is 0 Å². The molecule has 0 fully saturated rings. The summed E-state index contributed by atoms with van der Waals surface area (Å²) in [6, 6.07) is 22.0. The van der Waals surface area contributed by atoms with Crippen LogP contribution in [0.3, 0.4) is 0 Å². The standard InChI is InChI=1S/C29H17N3O9/c33-25(17-5-2-1-3-6-17)26(18-9-15-21(16-10-18)31(37)38)41-29(36)19-11-13-20(14-12-19)30-27(34)22-7-4-8-23(32(39)40)24(22)28(30)35/h1-16,26H/t26-/m1/s1. The fourth-order valence-corrected chi connectivity index (χ4v) is 4.37. The molecular formula is C29H17N3O9. The number of non-ortho nitro benzene ring substituents is 1. The van der Waals surface area contributed by atoms with Gasteiger partial charge in [0.25, 0.3) is 23.2 Å². The Morgan fingerprint density at radius 3 is 1.98 bits per heavy atom. The van der Waals surface area contributed by atoms with Crippen molar-refractivity contribution in [2.24, 2.45) is 0 Å². The molecule has 0 aliphatic carbocycles. The van der Waals surface area contributed by atoms with Gasteiger partial charge >= 0.3 is 5.97 Å². The van der Waals surface area contributed by atoms with Gasteiger partial charge in [0.15, 0.2) is 6.10 Å². The molecule has 0 saturated carbocycles. The number of esters is 1. The van der Waals surface area contributed by atoms with Gasteiger partial charge in [0.2, 0.25) is 5.78 Å². The molecule has 4 aromatic rings. The maximum Gasteiger partial charge on any atom is 0.339 e. The van der Waals surface area contributed by atoms with Crippen LogP contribution in [0.25, 0.3) is 0 Å². The van der Waals surface area contributed by atoms with E-state index in [0.29, 0.717) is 0 Å². The molecule has 12 nitrogen and oxygen atoms in total. The lowest BCUT2D eigenvalue weighted by atomic mass is 9.99. The zero-order valence-electron chi connectivity index (χ0n) is 20.8. The summed E-state index contributed by atoms with van der Waals surface area (Å²) in [7, 11) is 0. The van der Waals surface area contributed by atoms with Crippen molar-refractivity contribution in [2.75, 3.05) is 4.90 Å². The molecule has 0 aromatic heterocycles. The number of carbonyl (C=O) groups is 4. The first-order chi connectivity index (χ1) is 19.7. The molecule has 1 aliphatic rings. The minimum absolute atomic E-state index is 0.0240. The first-order valence-electron chi connectivity index (χ1n) is 12.0. The van der Waals surface area contributed by atoms with Crippen LogP contribution in [-0.4, -0.2) is 33.4 Å². The van der Waals surface area contributed by atoms with E-state index in [2.05, 4.69) is 0 Å². The second-order valence-corrected chi connectivity index (χ2v) is 8.81. The molecular weight excluding hydrogens is 534 g/mol. The van der Waals surface area contributed by atoms with Crippen molar-refractivity contribution in [3.05, 3.63) is 145 Å². The lowest BCUT2D eigenvalue weighted by molar-refractivity contribution is -0.385. The van der Waals surface area contributed by atoms with Gasteiger partial charge in [-0.1, -0.05) is 36.4 Å². The SMILES string of the molecule is O=C(O[C@@H](C(=O)c1ccccc1)c1ccc([N+](=O)[O-])cc1)c1ccc(N2C(=O)c3cccc([N+](=O)[O-])c3C2=O)cc1. The van der Waals surface area contributed by atoms with E-state index in [1.807, 2.05) is 0 Å². The molecule has 12 heteroatoms. The molecule has 0 saturated heterocycles. The number of ketones is 1. The maximum atomic E-state index is 13.3. The number of fused-ring (bicyclic) bond motifs is 1. The van der Waals surface area contributed by atoms with Crippen LogP contribution in [0.1, 0.15) is 53.1 Å². The third-order valence-electron chi connectivity index (χ3n) is 6.38. The van der Waals surface area contributed by atoms with E-state index in [9.17, 15) is 39.4 Å². The normalized spacial score (nSPS) is 12.9. The number of benzene rings is 4. The average molecular weight is 551 g/mol. The van der Waals surface area contributed by atoms with Crippen LogP contribution in [-0.2, 0) is 4.74 Å². The van der Waals surface area contributed by atoms with E-state index in [1.165, 1.54) is 72.8 Å². The van der Waals surface area contributed by atoms with E-state index in [0.717, 1.165) is 11.0 Å². The smallest absolute Gasteiger partial charge is 0.339 e. The maximum absolute atomic E-state index is 13.3. The molecule has 5 rings (SSSR count). The van der Waals surface area contributed by atoms with Gasteiger partial charge in [-0.25, -0.2) is 9.69 Å². The molecule has 41 heavy (non-hydrogen) atoms. The highest BCUT2D eigenvalue weighted by molar-refractivity contribution is 6.35. The third kappa shape index (κ3) is 4.92. The summed E-state index contributed by atoms with van der Waals surface area (Å²) in [4.78, 5) is 74.1. The highest BCUT2D eigenvalue weighted by atomic mass is 16.6. The number of hydrogen-bond donors (Lipinski definition) is 0. The lowest BCUT2D eigenvalue weighted by Crippen LogP contribution is -2.29. The molecule has 0 radical (unpaired) electrons. The van der Waals surface area contributed by atoms with Gasteiger partial charge in [0.05, 0.1) is 26.7 Å². The van der Waals surface area contributed by atoms with E-state index in [1.54, 1.807) is 18.2 Å². The minimum Gasteiger partial charge on any atom is -0.445 e. The van der Waals surface area contributed by atoms with Crippen molar-refractivity contribution in [3.8, 4) is 0 Å². The molecule has 0 bridgehead atoms. The van der Waals surface area contributed by atoms with Crippen molar-refractivity contribution >= 4 is 40.6 Å². The Kier molecular flexibility index (Phi) is 6.88. The molecule has 0 spiro atoms. The molecule has 0 unspecified atom stereocenters. The van der Waals surface area contributed by atoms with Crippen LogP contribution in [0, 0.1) is 20.2 Å². The molecule has 4 aromatic carbocycles. The zero-order valence-corrected chi connectivity index (χ0v) is 20.8. The van der Waals surface area contributed by atoms with Crippen LogP contribution < -0.4 is 4.90 Å². The third-order valence-corrected chi connectivity index (χ3v) is 6.38. The number of nitrogens with zero attached hydrogens (tertiary/aromatic N) is 3. The van der Waals surface area contributed by atoms with E-state index in [4.69, 9.17) is 4.74 Å². The number of rotatable bonds is 8. The van der Waals surface area contributed by atoms with Gasteiger partial charge in [-0.2, -0.15) is 0 Å². The molecule has 0 N–H and O–H groups in total. The Labute approximate surface area is 230 Å². The topological polar surface area (TPSA) is 167 Å². The van der Waals surface area contributed by atoms with Gasteiger partial charge in [-0.3, -0.25) is 34.6 Å². The lowest BCUT2D eigenvalue weighted by Gasteiger charge is -2.18. The average Bonchev–Trinajstić information content (AvgIpc) is 3.25. The van der Waals surface area contributed by atoms with Crippen LogP contribution >= 0.6 is 0 Å². The molecule has 1 heterocycles. The number of Topliss-reactive ketones (excluding diaryl/α,β-unsaturated/α-hetero) is 1. The number of carbonyl (C=O) groups excluding carboxylic acids is 4. The fraction of sp³-hybridized carbons (Fsp3) is 0.0345. The van der Waals surface area contributed by atoms with Crippen molar-refractivity contribution in [1.29, 1.82) is 0 Å². The molecule has 1 aliphatic heterocycles. The monoisotopic (exact) mass is 551 g/mol. The van der Waals surface area contributed by atoms with E-state index in [-0.39, 0.29) is 39.2 Å². The van der Waals surface area contributed by atoms with E-state index < -0.39 is 45.2 Å². The Balaban J connectivity index is 1.41. The Morgan fingerprint density at radius 1 is 0.707 bits per heavy atom. The number of amides is 2. The van der Waals surface area contributed by atoms with Gasteiger partial charge in [-0.05, 0) is 42.5 Å². The largest absolute Gasteiger partial charge is 0.445 e. The van der Waals surface area contributed by atoms with Crippen molar-refractivity contribution in [1.82, 2.24) is 0 Å². The Bertz CT molecular complexity index is 1730. The molecule has 202 valence electrons. The number of imide groups is 1. The highest BCUT2D eigenvalue weighted by Crippen LogP contribution is 2.34. The summed E-state index contributed by atoms with van der Waals surface area (Å²) in [6.45, 7) is 0. The number of ether oxygens (including phenoxy) is 1. The van der Waals surface area contributed by atoms with E-state index >= 15 is 0 Å². The first-order valence-corrected chi connectivity index (χ1v) is 12.0. The minimum atomic E-state index is -1.43. The van der Waals surface area contributed by atoms with Gasteiger partial charge < -0.3 is 4.74 Å². The van der Waals surface area contributed by atoms with Crippen molar-refractivity contribution in [2.45, 2.75) is 6.10 Å².